The van der Waals surface area contributed by atoms with Crippen LogP contribution in [0.2, 0.25) is 0 Å². The number of carbonyl (C=O) groups is 1. The van der Waals surface area contributed by atoms with Crippen LogP contribution in [0.25, 0.3) is 0 Å². The van der Waals surface area contributed by atoms with E-state index in [0.29, 0.717) is 19.5 Å². The van der Waals surface area contributed by atoms with E-state index in [-0.39, 0.29) is 11.5 Å². The van der Waals surface area contributed by atoms with E-state index in [1.54, 1.807) is 7.11 Å². The number of nitrogens with one attached hydrogen (secondary N) is 2. The zero-order chi connectivity index (χ0) is 19.8. The highest BCUT2D eigenvalue weighted by atomic mass is 16.5. The summed E-state index contributed by atoms with van der Waals surface area (Å²) in [5, 5.41) is 6.71. The van der Waals surface area contributed by atoms with Gasteiger partial charge in [0.05, 0.1) is 12.1 Å². The van der Waals surface area contributed by atoms with Crippen molar-refractivity contribution in [1.82, 2.24) is 10.6 Å². The molecule has 1 aromatic carbocycles. The number of rotatable bonds is 7. The van der Waals surface area contributed by atoms with Gasteiger partial charge in [-0.05, 0) is 31.0 Å². The lowest BCUT2D eigenvalue weighted by atomic mass is 9.94. The zero-order valence-corrected chi connectivity index (χ0v) is 17.0. The molecule has 1 amide bonds. The summed E-state index contributed by atoms with van der Waals surface area (Å²) in [5.41, 5.74) is 1.89. The van der Waals surface area contributed by atoms with Crippen molar-refractivity contribution in [1.29, 1.82) is 0 Å². The summed E-state index contributed by atoms with van der Waals surface area (Å²) in [4.78, 5) is 18.4. The molecule has 0 spiro atoms. The number of ether oxygens (including phenoxy) is 2. The number of aliphatic imine (C=N–C) groups is 1. The molecule has 7 heteroatoms. The van der Waals surface area contributed by atoms with E-state index in [1.807, 2.05) is 29.2 Å². The van der Waals surface area contributed by atoms with Crippen molar-refractivity contribution in [3.63, 3.8) is 0 Å². The lowest BCUT2D eigenvalue weighted by molar-refractivity contribution is -0.117. The zero-order valence-electron chi connectivity index (χ0n) is 17.0. The molecule has 2 heterocycles. The van der Waals surface area contributed by atoms with Gasteiger partial charge in [0.1, 0.15) is 0 Å². The van der Waals surface area contributed by atoms with Crippen LogP contribution in [0.3, 0.4) is 0 Å². The lowest BCUT2D eigenvalue weighted by Gasteiger charge is -2.36. The number of methoxy groups -OCH3 is 1. The molecule has 2 fully saturated rings. The molecular weight excluding hydrogens is 356 g/mol. The highest BCUT2D eigenvalue weighted by molar-refractivity contribution is 5.95. The maximum absolute atomic E-state index is 11.9. The first-order valence-corrected chi connectivity index (χ1v) is 10.2. The predicted octanol–water partition coefficient (Wildman–Crippen LogP) is 2.06. The van der Waals surface area contributed by atoms with E-state index < -0.39 is 0 Å². The highest BCUT2D eigenvalue weighted by Crippen LogP contribution is 2.24. The second kappa shape index (κ2) is 9.89. The van der Waals surface area contributed by atoms with Gasteiger partial charge in [-0.15, -0.1) is 0 Å². The Bertz CT molecular complexity index is 669. The third-order valence-electron chi connectivity index (χ3n) is 5.50. The van der Waals surface area contributed by atoms with Gasteiger partial charge < -0.3 is 25.0 Å². The first-order chi connectivity index (χ1) is 13.7. The smallest absolute Gasteiger partial charge is 0.227 e. The molecule has 7 nitrogen and oxygen atoms in total. The van der Waals surface area contributed by atoms with E-state index in [1.165, 1.54) is 0 Å². The van der Waals surface area contributed by atoms with Crippen molar-refractivity contribution in [3.05, 3.63) is 29.8 Å². The maximum atomic E-state index is 11.9. The van der Waals surface area contributed by atoms with Crippen LogP contribution in [0, 0.1) is 0 Å². The number of amides is 1. The standard InChI is InChI=1S/C21H32N4O3/c1-3-22-20(24-16-21(27-2)10-13-28-14-11-21)23-15-17-6-8-18(9-7-17)25-12-4-5-19(25)26/h6-9H,3-5,10-16H2,1-2H3,(H2,22,23,24). The minimum atomic E-state index is -0.196. The Morgan fingerprint density at radius 3 is 2.61 bits per heavy atom. The van der Waals surface area contributed by atoms with Crippen LogP contribution in [0.4, 0.5) is 5.69 Å². The SMILES string of the molecule is CCNC(=NCc1ccc(N2CCCC2=O)cc1)NCC1(OC)CCOCC1. The third-order valence-corrected chi connectivity index (χ3v) is 5.50. The summed E-state index contributed by atoms with van der Waals surface area (Å²) in [6, 6.07) is 8.11. The minimum Gasteiger partial charge on any atom is -0.381 e. The number of hydrogen-bond donors (Lipinski definition) is 2. The number of carbonyl (C=O) groups excluding carboxylic acids is 1. The molecule has 2 N–H and O–H groups in total. The molecule has 0 bridgehead atoms. The molecule has 28 heavy (non-hydrogen) atoms. The summed E-state index contributed by atoms with van der Waals surface area (Å²) < 4.78 is 11.2. The topological polar surface area (TPSA) is 75.2 Å². The summed E-state index contributed by atoms with van der Waals surface area (Å²) in [5.74, 6) is 0.994. The van der Waals surface area contributed by atoms with Crippen molar-refractivity contribution in [3.8, 4) is 0 Å². The van der Waals surface area contributed by atoms with Crippen molar-refractivity contribution < 1.29 is 14.3 Å². The van der Waals surface area contributed by atoms with Crippen LogP contribution < -0.4 is 15.5 Å². The molecular formula is C21H32N4O3. The molecule has 0 saturated carbocycles. The van der Waals surface area contributed by atoms with Crippen LogP contribution in [0.1, 0.15) is 38.2 Å². The largest absolute Gasteiger partial charge is 0.381 e. The van der Waals surface area contributed by atoms with Crippen molar-refractivity contribution in [2.45, 2.75) is 44.8 Å². The average Bonchev–Trinajstić information content (AvgIpc) is 3.17. The Kier molecular flexibility index (Phi) is 7.28. The molecule has 0 aromatic heterocycles. The predicted molar refractivity (Wildman–Crippen MR) is 111 cm³/mol. The quantitative estimate of drug-likeness (QED) is 0.552. The second-order valence-corrected chi connectivity index (χ2v) is 7.36. The Hall–Kier alpha value is -2.12. The van der Waals surface area contributed by atoms with E-state index >= 15 is 0 Å². The van der Waals surface area contributed by atoms with Gasteiger partial charge >= 0.3 is 0 Å². The fourth-order valence-electron chi connectivity index (χ4n) is 3.66. The molecule has 1 aromatic rings. The van der Waals surface area contributed by atoms with Crippen molar-refractivity contribution >= 4 is 17.6 Å². The Morgan fingerprint density at radius 2 is 2.00 bits per heavy atom. The summed E-state index contributed by atoms with van der Waals surface area (Å²) in [6.07, 6.45) is 3.36. The number of guanidine groups is 1. The van der Waals surface area contributed by atoms with E-state index in [4.69, 9.17) is 14.5 Å². The van der Waals surface area contributed by atoms with Gasteiger partial charge in [0, 0.05) is 64.9 Å². The van der Waals surface area contributed by atoms with Crippen molar-refractivity contribution in [2.24, 2.45) is 4.99 Å². The van der Waals surface area contributed by atoms with E-state index in [2.05, 4.69) is 17.6 Å². The normalized spacial score (nSPS) is 19.7. The van der Waals surface area contributed by atoms with Crippen LogP contribution in [0.5, 0.6) is 0 Å². The molecule has 3 rings (SSSR count). The summed E-state index contributed by atoms with van der Waals surface area (Å²) in [6.45, 7) is 6.41. The van der Waals surface area contributed by atoms with Crippen LogP contribution in [0.15, 0.2) is 29.3 Å². The van der Waals surface area contributed by atoms with Gasteiger partial charge in [-0.1, -0.05) is 12.1 Å². The number of benzene rings is 1. The van der Waals surface area contributed by atoms with Crippen LogP contribution in [-0.4, -0.2) is 57.4 Å². The van der Waals surface area contributed by atoms with Crippen molar-refractivity contribution in [2.75, 3.05) is 44.9 Å². The fourth-order valence-corrected chi connectivity index (χ4v) is 3.66. The number of nitrogens with zero attached hydrogens (tertiary/aromatic N) is 2. The van der Waals surface area contributed by atoms with Gasteiger partial charge in [-0.3, -0.25) is 4.79 Å². The number of hydrogen-bond acceptors (Lipinski definition) is 4. The summed E-state index contributed by atoms with van der Waals surface area (Å²) in [7, 11) is 1.77. The van der Waals surface area contributed by atoms with Gasteiger partial charge in [0.15, 0.2) is 5.96 Å². The lowest BCUT2D eigenvalue weighted by Crippen LogP contribution is -2.50. The van der Waals surface area contributed by atoms with Gasteiger partial charge in [0.2, 0.25) is 5.91 Å². The van der Waals surface area contributed by atoms with E-state index in [0.717, 1.165) is 62.8 Å². The maximum Gasteiger partial charge on any atom is 0.227 e. The Labute approximate surface area is 167 Å². The molecule has 0 aliphatic carbocycles. The number of anilines is 1. The minimum absolute atomic E-state index is 0.196. The Morgan fingerprint density at radius 1 is 1.25 bits per heavy atom. The average molecular weight is 389 g/mol. The summed E-state index contributed by atoms with van der Waals surface area (Å²) >= 11 is 0. The Balaban J connectivity index is 1.58. The molecule has 0 atom stereocenters. The molecule has 0 unspecified atom stereocenters. The first kappa shape index (κ1) is 20.6. The molecule has 2 aliphatic heterocycles. The monoisotopic (exact) mass is 388 g/mol. The first-order valence-electron chi connectivity index (χ1n) is 10.2. The molecule has 0 radical (unpaired) electrons. The molecule has 154 valence electrons. The fraction of sp³-hybridized carbons (Fsp3) is 0.619. The van der Waals surface area contributed by atoms with Crippen LogP contribution in [-0.2, 0) is 20.8 Å². The molecule has 2 saturated heterocycles. The van der Waals surface area contributed by atoms with E-state index in [9.17, 15) is 4.79 Å². The van der Waals surface area contributed by atoms with Crippen LogP contribution >= 0.6 is 0 Å². The van der Waals surface area contributed by atoms with Gasteiger partial charge in [-0.25, -0.2) is 4.99 Å². The molecule has 2 aliphatic rings. The van der Waals surface area contributed by atoms with Gasteiger partial charge in [0.25, 0.3) is 0 Å². The highest BCUT2D eigenvalue weighted by Gasteiger charge is 2.32. The third kappa shape index (κ3) is 5.23. The second-order valence-electron chi connectivity index (χ2n) is 7.36. The van der Waals surface area contributed by atoms with Gasteiger partial charge in [-0.2, -0.15) is 0 Å².